The number of hydrogen-bond donors (Lipinski definition) is 1. The Kier molecular flexibility index (Phi) is 6.32. The Morgan fingerprint density at radius 1 is 1.19 bits per heavy atom. The standard InChI is InChI=1S/C22H28N2O3/c1-3-4-5-9-16(2)23-21(25)19-14-17-10-6-7-11-18(17)15-24(19)22(26)20-12-8-13-27-20/h6-8,10-13,16,19H,3-5,9,14-15H2,1-2H3,(H,23,25). The number of nitrogens with zero attached hydrogens (tertiary/aromatic N) is 1. The fourth-order valence-corrected chi connectivity index (χ4v) is 3.62. The summed E-state index contributed by atoms with van der Waals surface area (Å²) in [6.45, 7) is 4.61. The number of amides is 2. The van der Waals surface area contributed by atoms with Crippen LogP contribution in [0.4, 0.5) is 0 Å². The summed E-state index contributed by atoms with van der Waals surface area (Å²) in [6, 6.07) is 10.9. The predicted molar refractivity (Wildman–Crippen MR) is 104 cm³/mol. The third-order valence-corrected chi connectivity index (χ3v) is 5.17. The average Bonchev–Trinajstić information content (AvgIpc) is 3.21. The summed E-state index contributed by atoms with van der Waals surface area (Å²) >= 11 is 0. The van der Waals surface area contributed by atoms with Crippen LogP contribution in [0.5, 0.6) is 0 Å². The van der Waals surface area contributed by atoms with Crippen molar-refractivity contribution in [3.05, 3.63) is 59.5 Å². The molecular weight excluding hydrogens is 340 g/mol. The first-order valence-corrected chi connectivity index (χ1v) is 9.81. The van der Waals surface area contributed by atoms with Crippen LogP contribution in [0.2, 0.25) is 0 Å². The number of nitrogens with one attached hydrogen (secondary N) is 1. The van der Waals surface area contributed by atoms with Crippen molar-refractivity contribution in [2.24, 2.45) is 0 Å². The molecule has 1 aromatic heterocycles. The molecule has 1 aromatic carbocycles. The van der Waals surface area contributed by atoms with E-state index in [0.29, 0.717) is 13.0 Å². The summed E-state index contributed by atoms with van der Waals surface area (Å²) in [5.74, 6) is -0.0649. The SMILES string of the molecule is CCCCCC(C)NC(=O)C1Cc2ccccc2CN1C(=O)c1ccco1. The lowest BCUT2D eigenvalue weighted by molar-refractivity contribution is -0.126. The van der Waals surface area contributed by atoms with Crippen molar-refractivity contribution in [3.63, 3.8) is 0 Å². The molecule has 2 atom stereocenters. The van der Waals surface area contributed by atoms with Gasteiger partial charge in [0.2, 0.25) is 5.91 Å². The number of unbranched alkanes of at least 4 members (excludes halogenated alkanes) is 2. The highest BCUT2D eigenvalue weighted by Gasteiger charge is 2.36. The molecule has 5 heteroatoms. The summed E-state index contributed by atoms with van der Waals surface area (Å²) in [4.78, 5) is 27.6. The maximum absolute atomic E-state index is 13.0. The maximum Gasteiger partial charge on any atom is 0.290 e. The van der Waals surface area contributed by atoms with E-state index in [-0.39, 0.29) is 23.6 Å². The van der Waals surface area contributed by atoms with Crippen molar-refractivity contribution in [1.82, 2.24) is 10.2 Å². The molecule has 2 heterocycles. The Morgan fingerprint density at radius 3 is 2.67 bits per heavy atom. The van der Waals surface area contributed by atoms with Gasteiger partial charge in [-0.3, -0.25) is 9.59 Å². The van der Waals surface area contributed by atoms with E-state index in [2.05, 4.69) is 12.2 Å². The van der Waals surface area contributed by atoms with Crippen LogP contribution in [-0.4, -0.2) is 28.8 Å². The van der Waals surface area contributed by atoms with Crippen molar-refractivity contribution in [1.29, 1.82) is 0 Å². The van der Waals surface area contributed by atoms with Crippen molar-refractivity contribution in [2.45, 2.75) is 64.6 Å². The molecule has 0 saturated carbocycles. The first-order valence-electron chi connectivity index (χ1n) is 9.81. The van der Waals surface area contributed by atoms with Crippen LogP contribution in [0.3, 0.4) is 0 Å². The van der Waals surface area contributed by atoms with Crippen LogP contribution in [0.25, 0.3) is 0 Å². The van der Waals surface area contributed by atoms with Crippen LogP contribution < -0.4 is 5.32 Å². The first-order chi connectivity index (χ1) is 13.1. The summed E-state index contributed by atoms with van der Waals surface area (Å²) in [5.41, 5.74) is 2.21. The molecule has 5 nitrogen and oxygen atoms in total. The van der Waals surface area contributed by atoms with Crippen LogP contribution in [0.1, 0.15) is 61.2 Å². The summed E-state index contributed by atoms with van der Waals surface area (Å²) in [6.07, 6.45) is 6.38. The van der Waals surface area contributed by atoms with E-state index in [9.17, 15) is 9.59 Å². The molecule has 0 bridgehead atoms. The fourth-order valence-electron chi connectivity index (χ4n) is 3.62. The third kappa shape index (κ3) is 4.59. The molecule has 0 aliphatic carbocycles. The highest BCUT2D eigenvalue weighted by molar-refractivity contribution is 5.96. The smallest absolute Gasteiger partial charge is 0.290 e. The van der Waals surface area contributed by atoms with Crippen LogP contribution in [0.15, 0.2) is 47.1 Å². The van der Waals surface area contributed by atoms with E-state index in [1.165, 1.54) is 12.7 Å². The molecule has 2 amide bonds. The van der Waals surface area contributed by atoms with Crippen molar-refractivity contribution in [2.75, 3.05) is 0 Å². The van der Waals surface area contributed by atoms with Gasteiger partial charge in [0, 0.05) is 19.0 Å². The predicted octanol–water partition coefficient (Wildman–Crippen LogP) is 3.93. The van der Waals surface area contributed by atoms with Gasteiger partial charge in [0.05, 0.1) is 6.26 Å². The van der Waals surface area contributed by atoms with Gasteiger partial charge < -0.3 is 14.6 Å². The van der Waals surface area contributed by atoms with Crippen LogP contribution >= 0.6 is 0 Å². The van der Waals surface area contributed by atoms with E-state index in [0.717, 1.165) is 30.4 Å². The number of benzene rings is 1. The van der Waals surface area contributed by atoms with Crippen LogP contribution in [0, 0.1) is 0 Å². The second-order valence-electron chi connectivity index (χ2n) is 7.30. The normalized spacial score (nSPS) is 17.3. The quantitative estimate of drug-likeness (QED) is 0.753. The maximum atomic E-state index is 13.0. The zero-order chi connectivity index (χ0) is 19.2. The summed E-state index contributed by atoms with van der Waals surface area (Å²) in [7, 11) is 0. The van der Waals surface area contributed by atoms with Crippen molar-refractivity contribution in [3.8, 4) is 0 Å². The lowest BCUT2D eigenvalue weighted by Crippen LogP contribution is -2.54. The first kappa shape index (κ1) is 19.2. The van der Waals surface area contributed by atoms with Crippen molar-refractivity contribution < 1.29 is 14.0 Å². The lowest BCUT2D eigenvalue weighted by Gasteiger charge is -2.36. The minimum atomic E-state index is -0.522. The van der Waals surface area contributed by atoms with E-state index in [4.69, 9.17) is 4.42 Å². The molecular formula is C22H28N2O3. The number of carbonyl (C=O) groups excluding carboxylic acids is 2. The Bertz CT molecular complexity index is 770. The molecule has 1 N–H and O–H groups in total. The number of furan rings is 1. The van der Waals surface area contributed by atoms with Gasteiger partial charge in [0.25, 0.3) is 5.91 Å². The summed E-state index contributed by atoms with van der Waals surface area (Å²) < 4.78 is 5.29. The molecule has 3 rings (SSSR count). The second-order valence-corrected chi connectivity index (χ2v) is 7.30. The Morgan fingerprint density at radius 2 is 1.96 bits per heavy atom. The molecule has 2 aromatic rings. The van der Waals surface area contributed by atoms with Gasteiger partial charge in [-0.1, -0.05) is 50.5 Å². The lowest BCUT2D eigenvalue weighted by atomic mass is 9.93. The number of rotatable bonds is 7. The minimum Gasteiger partial charge on any atom is -0.459 e. The highest BCUT2D eigenvalue weighted by Crippen LogP contribution is 2.25. The zero-order valence-electron chi connectivity index (χ0n) is 16.1. The molecule has 144 valence electrons. The molecule has 0 saturated heterocycles. The third-order valence-electron chi connectivity index (χ3n) is 5.17. The Hall–Kier alpha value is -2.56. The Balaban J connectivity index is 1.77. The van der Waals surface area contributed by atoms with E-state index < -0.39 is 6.04 Å². The van der Waals surface area contributed by atoms with E-state index >= 15 is 0 Å². The zero-order valence-corrected chi connectivity index (χ0v) is 16.1. The highest BCUT2D eigenvalue weighted by atomic mass is 16.3. The number of hydrogen-bond acceptors (Lipinski definition) is 3. The van der Waals surface area contributed by atoms with Gasteiger partial charge in [-0.15, -0.1) is 0 Å². The number of carbonyl (C=O) groups is 2. The largest absolute Gasteiger partial charge is 0.459 e. The minimum absolute atomic E-state index is 0.0894. The van der Waals surface area contributed by atoms with Gasteiger partial charge in [-0.2, -0.15) is 0 Å². The monoisotopic (exact) mass is 368 g/mol. The molecule has 27 heavy (non-hydrogen) atoms. The van der Waals surface area contributed by atoms with Gasteiger partial charge >= 0.3 is 0 Å². The average molecular weight is 368 g/mol. The van der Waals surface area contributed by atoms with Gasteiger partial charge in [0.15, 0.2) is 5.76 Å². The molecule has 0 spiro atoms. The molecule has 2 unspecified atom stereocenters. The van der Waals surface area contributed by atoms with Gasteiger partial charge in [-0.05, 0) is 36.6 Å². The molecule has 0 radical (unpaired) electrons. The van der Waals surface area contributed by atoms with E-state index in [1.54, 1.807) is 17.0 Å². The van der Waals surface area contributed by atoms with Gasteiger partial charge in [0.1, 0.15) is 6.04 Å². The molecule has 0 fully saturated rings. The second kappa shape index (κ2) is 8.89. The van der Waals surface area contributed by atoms with Crippen LogP contribution in [-0.2, 0) is 17.8 Å². The summed E-state index contributed by atoms with van der Waals surface area (Å²) in [5, 5.41) is 3.11. The van der Waals surface area contributed by atoms with E-state index in [1.807, 2.05) is 31.2 Å². The molecule has 1 aliphatic rings. The molecule has 1 aliphatic heterocycles. The van der Waals surface area contributed by atoms with Crippen molar-refractivity contribution >= 4 is 11.8 Å². The van der Waals surface area contributed by atoms with Gasteiger partial charge in [-0.25, -0.2) is 0 Å². The number of fused-ring (bicyclic) bond motifs is 1. The Labute approximate surface area is 160 Å². The fraction of sp³-hybridized carbons (Fsp3) is 0.455. The topological polar surface area (TPSA) is 62.6 Å².